The van der Waals surface area contributed by atoms with Gasteiger partial charge in [-0.15, -0.1) is 0 Å². The summed E-state index contributed by atoms with van der Waals surface area (Å²) >= 11 is 1.91. The van der Waals surface area contributed by atoms with Crippen LogP contribution in [0.4, 0.5) is 0 Å². The molecule has 19 heavy (non-hydrogen) atoms. The normalized spacial score (nSPS) is 18.2. The highest BCUT2D eigenvalue weighted by molar-refractivity contribution is 7.98. The predicted octanol–water partition coefficient (Wildman–Crippen LogP) is 2.95. The van der Waals surface area contributed by atoms with Gasteiger partial charge in [-0.1, -0.05) is 25.7 Å². The summed E-state index contributed by atoms with van der Waals surface area (Å²) in [6, 6.07) is 0.370. The monoisotopic (exact) mass is 286 g/mol. The van der Waals surface area contributed by atoms with Gasteiger partial charge in [-0.25, -0.2) is 0 Å². The molecule has 0 bridgehead atoms. The van der Waals surface area contributed by atoms with E-state index < -0.39 is 0 Å². The number of unbranched alkanes of at least 4 members (excludes halogenated alkanes) is 2. The molecule has 0 aliphatic heterocycles. The van der Waals surface area contributed by atoms with Gasteiger partial charge in [0.15, 0.2) is 0 Å². The minimum atomic E-state index is -0.0533. The highest BCUT2D eigenvalue weighted by Gasteiger charge is 2.18. The number of nitrogens with one attached hydrogen (secondary N) is 2. The largest absolute Gasteiger partial charge is 0.352 e. The van der Waals surface area contributed by atoms with E-state index in [9.17, 15) is 4.79 Å². The van der Waals surface area contributed by atoms with Gasteiger partial charge in [0.25, 0.3) is 0 Å². The number of rotatable bonds is 9. The third-order valence-electron chi connectivity index (χ3n) is 3.82. The van der Waals surface area contributed by atoms with Crippen molar-refractivity contribution in [3.8, 4) is 0 Å². The number of carbonyl (C=O) groups excluding carboxylic acids is 1. The fourth-order valence-electron chi connectivity index (χ4n) is 2.53. The smallest absolute Gasteiger partial charge is 0.237 e. The zero-order chi connectivity index (χ0) is 13.9. The summed E-state index contributed by atoms with van der Waals surface area (Å²) < 4.78 is 0. The molecule has 1 atom stereocenters. The van der Waals surface area contributed by atoms with Gasteiger partial charge in [-0.2, -0.15) is 11.8 Å². The van der Waals surface area contributed by atoms with Crippen molar-refractivity contribution < 1.29 is 4.79 Å². The van der Waals surface area contributed by atoms with E-state index >= 15 is 0 Å². The van der Waals surface area contributed by atoms with E-state index in [2.05, 4.69) is 16.9 Å². The highest BCUT2D eigenvalue weighted by Crippen LogP contribution is 2.17. The van der Waals surface area contributed by atoms with Crippen LogP contribution in [0.5, 0.6) is 0 Å². The molecule has 0 spiro atoms. The first-order valence-corrected chi connectivity index (χ1v) is 9.16. The number of amides is 1. The Morgan fingerprint density at radius 2 is 1.95 bits per heavy atom. The highest BCUT2D eigenvalue weighted by atomic mass is 32.2. The van der Waals surface area contributed by atoms with Crippen molar-refractivity contribution in [1.82, 2.24) is 10.6 Å². The first-order valence-electron chi connectivity index (χ1n) is 7.76. The van der Waals surface area contributed by atoms with Crippen LogP contribution in [0.3, 0.4) is 0 Å². The van der Waals surface area contributed by atoms with E-state index in [1.807, 2.05) is 18.7 Å². The van der Waals surface area contributed by atoms with Crippen molar-refractivity contribution >= 4 is 17.7 Å². The van der Waals surface area contributed by atoms with Crippen molar-refractivity contribution in [3.05, 3.63) is 0 Å². The molecule has 112 valence electrons. The Labute approximate surface area is 122 Å². The average Bonchev–Trinajstić information content (AvgIpc) is 2.43. The summed E-state index contributed by atoms with van der Waals surface area (Å²) in [5, 5.41) is 6.51. The molecule has 1 aliphatic carbocycles. The molecule has 3 nitrogen and oxygen atoms in total. The maximum Gasteiger partial charge on any atom is 0.237 e. The Morgan fingerprint density at radius 1 is 1.21 bits per heavy atom. The van der Waals surface area contributed by atoms with Gasteiger partial charge in [-0.05, 0) is 51.2 Å². The second-order valence-electron chi connectivity index (χ2n) is 5.57. The van der Waals surface area contributed by atoms with Gasteiger partial charge < -0.3 is 10.6 Å². The molecule has 0 aromatic carbocycles. The van der Waals surface area contributed by atoms with Crippen LogP contribution in [0.25, 0.3) is 0 Å². The Kier molecular flexibility index (Phi) is 9.35. The first-order chi connectivity index (χ1) is 9.24. The van der Waals surface area contributed by atoms with Crippen molar-refractivity contribution in [1.29, 1.82) is 0 Å². The Bertz CT molecular complexity index is 242. The lowest BCUT2D eigenvalue weighted by Crippen LogP contribution is -2.47. The molecule has 1 amide bonds. The minimum Gasteiger partial charge on any atom is -0.352 e. The topological polar surface area (TPSA) is 41.1 Å². The Hall–Kier alpha value is -0.220. The molecule has 1 aliphatic rings. The molecular formula is C15H30N2OS. The van der Waals surface area contributed by atoms with Gasteiger partial charge in [0.05, 0.1) is 6.04 Å². The standard InChI is InChI=1S/C15H30N2OS/c1-13(16-11-7-4-8-12-19-2)15(18)17-14-9-5-3-6-10-14/h13-14,16H,3-12H2,1-2H3,(H,17,18). The summed E-state index contributed by atoms with van der Waals surface area (Å²) in [7, 11) is 0. The number of hydrogen-bond donors (Lipinski definition) is 2. The lowest BCUT2D eigenvalue weighted by Gasteiger charge is -2.24. The molecule has 1 rings (SSSR count). The van der Waals surface area contributed by atoms with E-state index in [-0.39, 0.29) is 11.9 Å². The average molecular weight is 286 g/mol. The third-order valence-corrected chi connectivity index (χ3v) is 4.52. The van der Waals surface area contributed by atoms with Crippen LogP contribution in [0.2, 0.25) is 0 Å². The maximum absolute atomic E-state index is 12.0. The Balaban J connectivity index is 2.04. The Morgan fingerprint density at radius 3 is 2.63 bits per heavy atom. The van der Waals surface area contributed by atoms with Crippen molar-refractivity contribution in [2.75, 3.05) is 18.6 Å². The summed E-state index contributed by atoms with van der Waals surface area (Å²) in [5.41, 5.74) is 0. The lowest BCUT2D eigenvalue weighted by atomic mass is 9.95. The predicted molar refractivity (Wildman–Crippen MR) is 84.7 cm³/mol. The first kappa shape index (κ1) is 16.8. The van der Waals surface area contributed by atoms with Crippen LogP contribution in [-0.2, 0) is 4.79 Å². The van der Waals surface area contributed by atoms with Gasteiger partial charge in [0, 0.05) is 6.04 Å². The number of thioether (sulfide) groups is 1. The van der Waals surface area contributed by atoms with E-state index in [4.69, 9.17) is 0 Å². The molecule has 4 heteroatoms. The summed E-state index contributed by atoms with van der Waals surface area (Å²) in [4.78, 5) is 12.0. The molecule has 2 N–H and O–H groups in total. The summed E-state index contributed by atoms with van der Waals surface area (Å²) in [5.74, 6) is 1.42. The van der Waals surface area contributed by atoms with Crippen LogP contribution in [0, 0.1) is 0 Å². The maximum atomic E-state index is 12.0. The second kappa shape index (κ2) is 10.6. The number of hydrogen-bond acceptors (Lipinski definition) is 3. The third kappa shape index (κ3) is 7.83. The number of carbonyl (C=O) groups is 1. The van der Waals surface area contributed by atoms with Crippen molar-refractivity contribution in [2.45, 2.75) is 70.4 Å². The van der Waals surface area contributed by atoms with Gasteiger partial charge in [0.1, 0.15) is 0 Å². The molecule has 1 fully saturated rings. The van der Waals surface area contributed by atoms with Gasteiger partial charge in [-0.3, -0.25) is 4.79 Å². The molecule has 1 saturated carbocycles. The molecule has 1 unspecified atom stereocenters. The van der Waals surface area contributed by atoms with Crippen molar-refractivity contribution in [2.24, 2.45) is 0 Å². The van der Waals surface area contributed by atoms with Crippen LogP contribution in [-0.4, -0.2) is 36.5 Å². The fourth-order valence-corrected chi connectivity index (χ4v) is 3.03. The lowest BCUT2D eigenvalue weighted by molar-refractivity contribution is -0.123. The minimum absolute atomic E-state index is 0.0533. The van der Waals surface area contributed by atoms with E-state index in [0.717, 1.165) is 19.4 Å². The van der Waals surface area contributed by atoms with E-state index in [1.165, 1.54) is 44.3 Å². The van der Waals surface area contributed by atoms with Crippen LogP contribution in [0.1, 0.15) is 58.3 Å². The SMILES string of the molecule is CSCCCCCNC(C)C(=O)NC1CCCCC1. The molecular weight excluding hydrogens is 256 g/mol. The van der Waals surface area contributed by atoms with Crippen LogP contribution >= 0.6 is 11.8 Å². The second-order valence-corrected chi connectivity index (χ2v) is 6.56. The molecule has 0 aromatic heterocycles. The van der Waals surface area contributed by atoms with Crippen LogP contribution in [0.15, 0.2) is 0 Å². The quantitative estimate of drug-likeness (QED) is 0.640. The van der Waals surface area contributed by atoms with Gasteiger partial charge in [0.2, 0.25) is 5.91 Å². The molecule has 0 heterocycles. The summed E-state index contributed by atoms with van der Waals surface area (Å²) in [6.07, 6.45) is 12.0. The fraction of sp³-hybridized carbons (Fsp3) is 0.933. The van der Waals surface area contributed by atoms with E-state index in [1.54, 1.807) is 0 Å². The summed E-state index contributed by atoms with van der Waals surface area (Å²) in [6.45, 7) is 2.92. The zero-order valence-corrected chi connectivity index (χ0v) is 13.4. The zero-order valence-electron chi connectivity index (χ0n) is 12.5. The van der Waals surface area contributed by atoms with Crippen molar-refractivity contribution in [3.63, 3.8) is 0 Å². The molecule has 0 saturated heterocycles. The van der Waals surface area contributed by atoms with Crippen LogP contribution < -0.4 is 10.6 Å². The van der Waals surface area contributed by atoms with E-state index in [0.29, 0.717) is 6.04 Å². The molecule has 0 radical (unpaired) electrons. The molecule has 0 aromatic rings. The van der Waals surface area contributed by atoms with Gasteiger partial charge >= 0.3 is 0 Å².